The molecule has 0 fully saturated rings. The number of unbranched alkanes of at least 4 members (excludes halogenated alkanes) is 3. The molecule has 0 bridgehead atoms. The molecule has 8 heteroatoms. The van der Waals surface area contributed by atoms with Crippen LogP contribution in [0.25, 0.3) is 12.2 Å². The largest absolute Gasteiger partial charge is 0.291 e. The predicted molar refractivity (Wildman–Crippen MR) is 192 cm³/mol. The second-order valence-corrected chi connectivity index (χ2v) is 12.7. The van der Waals surface area contributed by atoms with E-state index in [0.717, 1.165) is 56.9 Å². The number of benzene rings is 4. The van der Waals surface area contributed by atoms with Crippen molar-refractivity contribution in [1.29, 1.82) is 0 Å². The molecule has 2 aliphatic rings. The summed E-state index contributed by atoms with van der Waals surface area (Å²) in [5.74, 6) is 1.14. The van der Waals surface area contributed by atoms with Crippen molar-refractivity contribution >= 4 is 67.5 Å². The van der Waals surface area contributed by atoms with Gasteiger partial charge in [-0.15, -0.1) is 0 Å². The highest BCUT2D eigenvalue weighted by Crippen LogP contribution is 2.28. The predicted octanol–water partition coefficient (Wildman–Crippen LogP) is 8.73. The number of amides is 2. The third kappa shape index (κ3) is 7.19. The number of hydrogen-bond donors (Lipinski definition) is 0. The van der Waals surface area contributed by atoms with Crippen molar-refractivity contribution in [2.45, 2.75) is 25.7 Å². The number of carbonyl (C=O) groups is 2. The van der Waals surface area contributed by atoms with Crippen LogP contribution < -0.4 is 0 Å². The first-order valence-corrected chi connectivity index (χ1v) is 16.9. The number of carbonyl (C=O) groups excluding carboxylic acids is 2. The van der Waals surface area contributed by atoms with Crippen molar-refractivity contribution in [3.05, 3.63) is 152 Å². The second kappa shape index (κ2) is 14.8. The van der Waals surface area contributed by atoms with Gasteiger partial charge >= 0.3 is 0 Å². The lowest BCUT2D eigenvalue weighted by atomic mass is 10.1. The molecule has 0 aromatic heterocycles. The molecule has 0 N–H and O–H groups in total. The number of amidine groups is 2. The van der Waals surface area contributed by atoms with E-state index in [1.54, 1.807) is 9.80 Å². The Bertz CT molecular complexity index is 1730. The lowest BCUT2D eigenvalue weighted by molar-refractivity contribution is -0.123. The number of hydrogen-bond acceptors (Lipinski definition) is 4. The highest BCUT2D eigenvalue weighted by atomic mass is 79.9. The van der Waals surface area contributed by atoms with Crippen molar-refractivity contribution < 1.29 is 9.59 Å². The Morgan fingerprint density at radius 2 is 0.870 bits per heavy atom. The third-order valence-electron chi connectivity index (χ3n) is 7.84. The maximum absolute atomic E-state index is 13.6. The topological polar surface area (TPSA) is 65.3 Å². The minimum absolute atomic E-state index is 0.0932. The number of halogens is 2. The Kier molecular flexibility index (Phi) is 10.2. The first-order valence-electron chi connectivity index (χ1n) is 15.3. The molecule has 0 unspecified atom stereocenters. The van der Waals surface area contributed by atoms with E-state index in [9.17, 15) is 9.59 Å². The second-order valence-electron chi connectivity index (χ2n) is 11.0. The fraction of sp³-hybridized carbons (Fsp3) is 0.158. The Balaban J connectivity index is 1.11. The molecule has 230 valence electrons. The Labute approximate surface area is 286 Å². The SMILES string of the molecule is O=C1/C(=C/c2ccccc2)N=C(c2ccccc2Br)N1CCCCCCN1C(=O)/C(=C\c2ccccc2)N=C1c1ccccc1Br. The molecule has 2 amide bonds. The quantitative estimate of drug-likeness (QED) is 0.114. The van der Waals surface area contributed by atoms with Gasteiger partial charge in [-0.05, 0) is 48.3 Å². The van der Waals surface area contributed by atoms with Gasteiger partial charge in [-0.3, -0.25) is 19.4 Å². The molecule has 6 rings (SSSR count). The zero-order valence-electron chi connectivity index (χ0n) is 25.2. The van der Waals surface area contributed by atoms with Crippen LogP contribution in [0.4, 0.5) is 0 Å². The van der Waals surface area contributed by atoms with Crippen LogP contribution in [0.5, 0.6) is 0 Å². The van der Waals surface area contributed by atoms with Crippen molar-refractivity contribution in [1.82, 2.24) is 9.80 Å². The normalized spacial score (nSPS) is 16.5. The number of nitrogens with zero attached hydrogens (tertiary/aromatic N) is 4. The van der Waals surface area contributed by atoms with Crippen LogP contribution in [0.2, 0.25) is 0 Å². The summed E-state index contributed by atoms with van der Waals surface area (Å²) in [6, 6.07) is 35.3. The molecule has 0 spiro atoms. The van der Waals surface area contributed by atoms with E-state index in [1.807, 2.05) is 121 Å². The van der Waals surface area contributed by atoms with Crippen molar-refractivity contribution in [3.8, 4) is 0 Å². The molecule has 0 aliphatic carbocycles. The van der Waals surface area contributed by atoms with Crippen molar-refractivity contribution in [2.75, 3.05) is 13.1 Å². The van der Waals surface area contributed by atoms with Gasteiger partial charge in [0.25, 0.3) is 11.8 Å². The van der Waals surface area contributed by atoms with Crippen LogP contribution >= 0.6 is 31.9 Å². The molecule has 4 aromatic carbocycles. The van der Waals surface area contributed by atoms with E-state index in [0.29, 0.717) is 36.2 Å². The van der Waals surface area contributed by atoms with Gasteiger partial charge in [0.15, 0.2) is 0 Å². The lowest BCUT2D eigenvalue weighted by Crippen LogP contribution is -2.34. The van der Waals surface area contributed by atoms with Crippen LogP contribution in [-0.2, 0) is 9.59 Å². The van der Waals surface area contributed by atoms with Crippen molar-refractivity contribution in [3.63, 3.8) is 0 Å². The molecule has 0 atom stereocenters. The van der Waals surface area contributed by atoms with E-state index >= 15 is 0 Å². The van der Waals surface area contributed by atoms with Gasteiger partial charge in [0.1, 0.15) is 23.1 Å². The van der Waals surface area contributed by atoms with E-state index in [4.69, 9.17) is 9.98 Å². The summed E-state index contributed by atoms with van der Waals surface area (Å²) >= 11 is 7.28. The summed E-state index contributed by atoms with van der Waals surface area (Å²) in [6.45, 7) is 1.11. The standard InChI is InChI=1S/C38H32Br2N4O2/c39-31-21-11-9-19-29(31)35-41-33(25-27-15-5-3-6-16-27)37(45)43(35)23-13-1-2-14-24-44-36(30-20-10-12-22-32(30)40)42-34(38(44)46)26-28-17-7-4-8-18-28/h3-12,15-22,25-26H,1-2,13-14,23-24H2/b33-25-,34-26+. The summed E-state index contributed by atoms with van der Waals surface area (Å²) in [5.41, 5.74) is 4.51. The van der Waals surface area contributed by atoms with E-state index in [1.165, 1.54) is 0 Å². The average molecular weight is 737 g/mol. The summed E-state index contributed by atoms with van der Waals surface area (Å²) < 4.78 is 1.79. The molecule has 6 nitrogen and oxygen atoms in total. The van der Waals surface area contributed by atoms with Crippen molar-refractivity contribution in [2.24, 2.45) is 9.98 Å². The average Bonchev–Trinajstić information content (AvgIpc) is 3.54. The Morgan fingerprint density at radius 1 is 0.500 bits per heavy atom. The molecule has 0 radical (unpaired) electrons. The number of aliphatic imine (C=N–C) groups is 2. The molecule has 46 heavy (non-hydrogen) atoms. The zero-order chi connectivity index (χ0) is 31.9. The monoisotopic (exact) mass is 734 g/mol. The van der Waals surface area contributed by atoms with Crippen LogP contribution in [0.1, 0.15) is 47.9 Å². The maximum Gasteiger partial charge on any atom is 0.278 e. The van der Waals surface area contributed by atoms with Crippen LogP contribution in [-0.4, -0.2) is 46.4 Å². The lowest BCUT2D eigenvalue weighted by Gasteiger charge is -2.20. The summed E-state index contributed by atoms with van der Waals surface area (Å²) in [4.78, 5) is 40.3. The molecular weight excluding hydrogens is 704 g/mol. The number of rotatable bonds is 11. The molecular formula is C38H32Br2N4O2. The highest BCUT2D eigenvalue weighted by molar-refractivity contribution is 9.10. The smallest absolute Gasteiger partial charge is 0.278 e. The summed E-state index contributed by atoms with van der Waals surface area (Å²) in [5, 5.41) is 0. The fourth-order valence-corrected chi connectivity index (χ4v) is 6.44. The van der Waals surface area contributed by atoms with Crippen LogP contribution in [0.15, 0.2) is 140 Å². The first-order chi connectivity index (χ1) is 22.5. The third-order valence-corrected chi connectivity index (χ3v) is 9.22. The zero-order valence-corrected chi connectivity index (χ0v) is 28.3. The molecule has 4 aromatic rings. The maximum atomic E-state index is 13.6. The summed E-state index contributed by atoms with van der Waals surface area (Å²) in [7, 11) is 0. The fourth-order valence-electron chi connectivity index (χ4n) is 5.52. The van der Waals surface area contributed by atoms with Gasteiger partial charge in [0.05, 0.1) is 0 Å². The van der Waals surface area contributed by atoms with Gasteiger partial charge in [-0.2, -0.15) is 0 Å². The minimum Gasteiger partial charge on any atom is -0.291 e. The first kappa shape index (κ1) is 31.6. The summed E-state index contributed by atoms with van der Waals surface area (Å²) in [6.07, 6.45) is 7.12. The van der Waals surface area contributed by atoms with Crippen LogP contribution in [0.3, 0.4) is 0 Å². The Morgan fingerprint density at radius 3 is 1.26 bits per heavy atom. The molecule has 0 saturated heterocycles. The molecule has 0 saturated carbocycles. The van der Waals surface area contributed by atoms with Crippen LogP contribution in [0, 0.1) is 0 Å². The molecule has 2 aliphatic heterocycles. The van der Waals surface area contributed by atoms with E-state index in [2.05, 4.69) is 31.9 Å². The minimum atomic E-state index is -0.0932. The van der Waals surface area contributed by atoms with Gasteiger partial charge in [0, 0.05) is 33.2 Å². The van der Waals surface area contributed by atoms with Gasteiger partial charge in [-0.1, -0.05) is 142 Å². The Hall–Kier alpha value is -4.40. The van der Waals surface area contributed by atoms with Gasteiger partial charge < -0.3 is 0 Å². The van der Waals surface area contributed by atoms with E-state index < -0.39 is 0 Å². The highest BCUT2D eigenvalue weighted by Gasteiger charge is 2.33. The van der Waals surface area contributed by atoms with Gasteiger partial charge in [-0.25, -0.2) is 9.98 Å². The molecule has 2 heterocycles. The van der Waals surface area contributed by atoms with Gasteiger partial charge in [0.2, 0.25) is 0 Å². The van der Waals surface area contributed by atoms with E-state index in [-0.39, 0.29) is 11.8 Å².